The van der Waals surface area contributed by atoms with Gasteiger partial charge < -0.3 is 5.32 Å². The summed E-state index contributed by atoms with van der Waals surface area (Å²) in [5.74, 6) is -0.596. The fourth-order valence-electron chi connectivity index (χ4n) is 1.93. The van der Waals surface area contributed by atoms with Gasteiger partial charge in [0.25, 0.3) is 0 Å². The number of amides is 3. The van der Waals surface area contributed by atoms with Gasteiger partial charge in [0, 0.05) is 19.0 Å². The number of nitrogens with zero attached hydrogens (tertiary/aromatic N) is 1. The topological polar surface area (TPSA) is 78.5 Å². The van der Waals surface area contributed by atoms with E-state index in [1.54, 1.807) is 6.92 Å². The summed E-state index contributed by atoms with van der Waals surface area (Å²) in [6.07, 6.45) is 0.767. The number of carbonyl (C=O) groups is 3. The van der Waals surface area contributed by atoms with Crippen molar-refractivity contribution in [3.05, 3.63) is 0 Å². The maximum Gasteiger partial charge on any atom is 0.246 e. The molecule has 6 heteroatoms. The number of imide groups is 1. The molecular formula is C13H23N3O3. The summed E-state index contributed by atoms with van der Waals surface area (Å²) in [7, 11) is 1.47. The molecule has 1 saturated heterocycles. The van der Waals surface area contributed by atoms with E-state index in [0.717, 1.165) is 4.90 Å². The Labute approximate surface area is 113 Å². The zero-order chi connectivity index (χ0) is 14.8. The molecule has 0 aliphatic carbocycles. The molecule has 19 heavy (non-hydrogen) atoms. The van der Waals surface area contributed by atoms with Crippen molar-refractivity contribution in [3.8, 4) is 0 Å². The first-order chi connectivity index (χ1) is 8.61. The van der Waals surface area contributed by atoms with Crippen LogP contribution < -0.4 is 10.6 Å². The second-order valence-electron chi connectivity index (χ2n) is 6.01. The highest BCUT2D eigenvalue weighted by atomic mass is 16.2. The zero-order valence-corrected chi connectivity index (χ0v) is 12.2. The molecule has 108 valence electrons. The summed E-state index contributed by atoms with van der Waals surface area (Å²) >= 11 is 0. The minimum absolute atomic E-state index is 0.153. The predicted octanol–water partition coefficient (Wildman–Crippen LogP) is 0.0266. The van der Waals surface area contributed by atoms with Gasteiger partial charge in [-0.05, 0) is 34.1 Å². The third-order valence-electron chi connectivity index (χ3n) is 2.99. The number of likely N-dealkylation sites (tertiary alicyclic amines) is 1. The molecule has 1 rings (SSSR count). The average molecular weight is 269 g/mol. The Morgan fingerprint density at radius 1 is 1.37 bits per heavy atom. The summed E-state index contributed by atoms with van der Waals surface area (Å²) in [5, 5.41) is 5.84. The first-order valence-corrected chi connectivity index (χ1v) is 6.50. The van der Waals surface area contributed by atoms with E-state index in [1.165, 1.54) is 7.05 Å². The van der Waals surface area contributed by atoms with Gasteiger partial charge in [-0.3, -0.25) is 24.6 Å². The Kier molecular flexibility index (Phi) is 4.68. The Morgan fingerprint density at radius 2 is 1.95 bits per heavy atom. The Bertz CT molecular complexity index is 387. The SMILES string of the molecule is CC(NC1CCC(=O)N(C)C1=O)C(=O)NC(C)(C)C. The standard InChI is InChI=1S/C13H23N3O3/c1-8(11(18)15-13(2,3)4)14-9-6-7-10(17)16(5)12(9)19/h8-9,14H,6-7H2,1-5H3,(H,15,18). The maximum absolute atomic E-state index is 11.9. The van der Waals surface area contributed by atoms with Crippen molar-refractivity contribution in [2.24, 2.45) is 0 Å². The van der Waals surface area contributed by atoms with Crippen LogP contribution >= 0.6 is 0 Å². The number of nitrogens with one attached hydrogen (secondary N) is 2. The highest BCUT2D eigenvalue weighted by molar-refractivity contribution is 6.00. The minimum Gasteiger partial charge on any atom is -0.350 e. The summed E-state index contributed by atoms with van der Waals surface area (Å²) in [4.78, 5) is 36.3. The molecular weight excluding hydrogens is 246 g/mol. The van der Waals surface area contributed by atoms with E-state index < -0.39 is 12.1 Å². The Hall–Kier alpha value is -1.43. The monoisotopic (exact) mass is 269 g/mol. The quantitative estimate of drug-likeness (QED) is 0.708. The maximum atomic E-state index is 11.9. The van der Waals surface area contributed by atoms with Crippen LogP contribution in [0.15, 0.2) is 0 Å². The third kappa shape index (κ3) is 4.31. The van der Waals surface area contributed by atoms with E-state index in [9.17, 15) is 14.4 Å². The number of likely N-dealkylation sites (N-methyl/N-ethyl adjacent to an activating group) is 1. The minimum atomic E-state index is -0.477. The molecule has 6 nitrogen and oxygen atoms in total. The molecule has 3 amide bonds. The first-order valence-electron chi connectivity index (χ1n) is 6.50. The van der Waals surface area contributed by atoms with Crippen LogP contribution in [0.5, 0.6) is 0 Å². The number of piperidine rings is 1. The number of hydrogen-bond donors (Lipinski definition) is 2. The fourth-order valence-corrected chi connectivity index (χ4v) is 1.93. The van der Waals surface area contributed by atoms with Gasteiger partial charge in [-0.25, -0.2) is 0 Å². The van der Waals surface area contributed by atoms with Crippen LogP contribution in [0.3, 0.4) is 0 Å². The van der Waals surface area contributed by atoms with Gasteiger partial charge in [0.05, 0.1) is 12.1 Å². The van der Waals surface area contributed by atoms with E-state index in [4.69, 9.17) is 0 Å². The Morgan fingerprint density at radius 3 is 2.47 bits per heavy atom. The molecule has 0 bridgehead atoms. The van der Waals surface area contributed by atoms with Crippen LogP contribution in [0.2, 0.25) is 0 Å². The third-order valence-corrected chi connectivity index (χ3v) is 2.99. The van der Waals surface area contributed by atoms with Gasteiger partial charge in [-0.15, -0.1) is 0 Å². The van der Waals surface area contributed by atoms with Crippen molar-refractivity contribution in [3.63, 3.8) is 0 Å². The molecule has 1 fully saturated rings. The van der Waals surface area contributed by atoms with Gasteiger partial charge >= 0.3 is 0 Å². The molecule has 0 radical (unpaired) electrons. The molecule has 0 aromatic heterocycles. The first kappa shape index (κ1) is 15.6. The van der Waals surface area contributed by atoms with E-state index in [2.05, 4.69) is 10.6 Å². The highest BCUT2D eigenvalue weighted by Crippen LogP contribution is 2.12. The summed E-state index contributed by atoms with van der Waals surface area (Å²) in [5.41, 5.74) is -0.309. The number of carbonyl (C=O) groups excluding carboxylic acids is 3. The van der Waals surface area contributed by atoms with Gasteiger partial charge in [-0.2, -0.15) is 0 Å². The summed E-state index contributed by atoms with van der Waals surface area (Å²) in [6, 6.07) is -0.946. The van der Waals surface area contributed by atoms with Gasteiger partial charge in [0.15, 0.2) is 0 Å². The lowest BCUT2D eigenvalue weighted by molar-refractivity contribution is -0.148. The van der Waals surface area contributed by atoms with Crippen molar-refractivity contribution < 1.29 is 14.4 Å². The largest absolute Gasteiger partial charge is 0.350 e. The van der Waals surface area contributed by atoms with Crippen LogP contribution in [0.4, 0.5) is 0 Å². The van der Waals surface area contributed by atoms with Crippen LogP contribution in [0.25, 0.3) is 0 Å². The fraction of sp³-hybridized carbons (Fsp3) is 0.769. The number of hydrogen-bond acceptors (Lipinski definition) is 4. The van der Waals surface area contributed by atoms with E-state index in [0.29, 0.717) is 12.8 Å². The molecule has 0 saturated carbocycles. The van der Waals surface area contributed by atoms with E-state index in [1.807, 2.05) is 20.8 Å². The smallest absolute Gasteiger partial charge is 0.246 e. The second-order valence-corrected chi connectivity index (χ2v) is 6.01. The molecule has 0 aromatic carbocycles. The molecule has 2 atom stereocenters. The highest BCUT2D eigenvalue weighted by Gasteiger charge is 2.33. The van der Waals surface area contributed by atoms with Crippen LogP contribution in [0.1, 0.15) is 40.5 Å². The molecule has 1 heterocycles. The van der Waals surface area contributed by atoms with Gasteiger partial charge in [0.2, 0.25) is 17.7 Å². The zero-order valence-electron chi connectivity index (χ0n) is 12.2. The van der Waals surface area contributed by atoms with E-state index >= 15 is 0 Å². The molecule has 2 unspecified atom stereocenters. The molecule has 1 aliphatic heterocycles. The lowest BCUT2D eigenvalue weighted by atomic mass is 10.0. The van der Waals surface area contributed by atoms with Crippen molar-refractivity contribution in [1.82, 2.24) is 15.5 Å². The van der Waals surface area contributed by atoms with Crippen molar-refractivity contribution in [1.29, 1.82) is 0 Å². The average Bonchev–Trinajstić information content (AvgIpc) is 2.27. The number of rotatable bonds is 3. The summed E-state index contributed by atoms with van der Waals surface area (Å²) in [6.45, 7) is 7.41. The molecule has 1 aliphatic rings. The van der Waals surface area contributed by atoms with Crippen molar-refractivity contribution >= 4 is 17.7 Å². The summed E-state index contributed by atoms with van der Waals surface area (Å²) < 4.78 is 0. The van der Waals surface area contributed by atoms with E-state index in [-0.39, 0.29) is 23.3 Å². The lowest BCUT2D eigenvalue weighted by Crippen LogP contribution is -2.57. The second kappa shape index (κ2) is 5.69. The molecule has 0 spiro atoms. The van der Waals surface area contributed by atoms with Crippen LogP contribution in [0, 0.1) is 0 Å². The molecule has 0 aromatic rings. The van der Waals surface area contributed by atoms with Crippen LogP contribution in [-0.4, -0.2) is 47.3 Å². The van der Waals surface area contributed by atoms with Crippen molar-refractivity contribution in [2.75, 3.05) is 7.05 Å². The Balaban J connectivity index is 2.57. The van der Waals surface area contributed by atoms with Crippen LogP contribution in [-0.2, 0) is 14.4 Å². The van der Waals surface area contributed by atoms with Crippen molar-refractivity contribution in [2.45, 2.75) is 58.2 Å². The van der Waals surface area contributed by atoms with Gasteiger partial charge in [0.1, 0.15) is 0 Å². The van der Waals surface area contributed by atoms with Gasteiger partial charge in [-0.1, -0.05) is 0 Å². The molecule has 2 N–H and O–H groups in total. The lowest BCUT2D eigenvalue weighted by Gasteiger charge is -2.31. The predicted molar refractivity (Wildman–Crippen MR) is 71.3 cm³/mol. The normalized spacial score (nSPS) is 22.4.